The van der Waals surface area contributed by atoms with Gasteiger partial charge in [0.2, 0.25) is 5.79 Å². The van der Waals surface area contributed by atoms with Gasteiger partial charge in [-0.15, -0.1) is 0 Å². The van der Waals surface area contributed by atoms with Crippen molar-refractivity contribution in [3.05, 3.63) is 12.2 Å². The number of rotatable bonds is 12. The predicted molar refractivity (Wildman–Crippen MR) is 112 cm³/mol. The van der Waals surface area contributed by atoms with Crippen molar-refractivity contribution in [2.75, 3.05) is 6.61 Å². The van der Waals surface area contributed by atoms with Crippen LogP contribution < -0.4 is 0 Å². The highest BCUT2D eigenvalue weighted by Gasteiger charge is 2.54. The summed E-state index contributed by atoms with van der Waals surface area (Å²) in [5.74, 6) is -3.17. The molecule has 159 valence electrons. The summed E-state index contributed by atoms with van der Waals surface area (Å²) in [5, 5.41) is 31.0. The first kappa shape index (κ1) is 26.7. The van der Waals surface area contributed by atoms with E-state index < -0.39 is 55.9 Å². The Kier molecular flexibility index (Phi) is 10.3. The Labute approximate surface area is 167 Å². The molecule has 0 amide bonds. The largest absolute Gasteiger partial charge is 0.435 e. The van der Waals surface area contributed by atoms with E-state index in [0.717, 1.165) is 6.04 Å². The quantitative estimate of drug-likeness (QED) is 0.186. The SMILES string of the molecule is C=C(C)C(=O)OC(O)(C(O)CO)C(CC)[Si](O[Si](C)(C)C)O[Si](C)(C)CC. The van der Waals surface area contributed by atoms with Crippen LogP contribution in [0.4, 0.5) is 0 Å². The van der Waals surface area contributed by atoms with Gasteiger partial charge in [0.15, 0.2) is 16.6 Å². The average Bonchev–Trinajstić information content (AvgIpc) is 2.52. The fraction of sp³-hybridized carbons (Fsp3) is 0.824. The van der Waals surface area contributed by atoms with Gasteiger partial charge in [-0.05, 0) is 52.1 Å². The molecule has 0 fully saturated rings. The Morgan fingerprint density at radius 3 is 2.04 bits per heavy atom. The Balaban J connectivity index is 6.11. The van der Waals surface area contributed by atoms with Gasteiger partial charge in [-0.25, -0.2) is 4.79 Å². The van der Waals surface area contributed by atoms with Crippen LogP contribution in [-0.2, 0) is 17.8 Å². The lowest BCUT2D eigenvalue weighted by Gasteiger charge is -2.43. The molecule has 0 aliphatic heterocycles. The van der Waals surface area contributed by atoms with Crippen molar-refractivity contribution in [1.29, 1.82) is 0 Å². The van der Waals surface area contributed by atoms with Crippen molar-refractivity contribution in [3.8, 4) is 0 Å². The van der Waals surface area contributed by atoms with Crippen LogP contribution in [-0.4, -0.2) is 65.7 Å². The number of aliphatic hydroxyl groups excluding tert-OH is 2. The first-order chi connectivity index (χ1) is 12.1. The summed E-state index contributed by atoms with van der Waals surface area (Å²) in [7, 11) is -6.29. The summed E-state index contributed by atoms with van der Waals surface area (Å²) in [6.45, 7) is 18.2. The predicted octanol–water partition coefficient (Wildman–Crippen LogP) is 2.51. The van der Waals surface area contributed by atoms with E-state index in [2.05, 4.69) is 19.7 Å². The maximum atomic E-state index is 12.1. The van der Waals surface area contributed by atoms with E-state index in [4.69, 9.17) is 13.0 Å². The fourth-order valence-corrected chi connectivity index (χ4v) is 9.95. The van der Waals surface area contributed by atoms with E-state index in [9.17, 15) is 20.1 Å². The number of hydrogen-bond donors (Lipinski definition) is 3. The molecule has 0 aromatic carbocycles. The number of aliphatic hydroxyl groups is 3. The lowest BCUT2D eigenvalue weighted by Crippen LogP contribution is -2.59. The number of hydrogen-bond acceptors (Lipinski definition) is 7. The van der Waals surface area contributed by atoms with Crippen LogP contribution in [0.2, 0.25) is 44.3 Å². The molecule has 0 heterocycles. The van der Waals surface area contributed by atoms with Gasteiger partial charge in [0, 0.05) is 5.57 Å². The van der Waals surface area contributed by atoms with Gasteiger partial charge in [0.25, 0.3) is 0 Å². The number of carbonyl (C=O) groups excluding carboxylic acids is 1. The van der Waals surface area contributed by atoms with Crippen LogP contribution >= 0.6 is 0 Å². The molecule has 27 heavy (non-hydrogen) atoms. The molecule has 0 aliphatic carbocycles. The molecular weight excluding hydrogens is 400 g/mol. The molecule has 1 radical (unpaired) electrons. The molecular formula is C17H37O7Si3. The number of esters is 1. The lowest BCUT2D eigenvalue weighted by molar-refractivity contribution is -0.254. The Bertz CT molecular complexity index is 507. The Hall–Kier alpha value is -0.339. The molecule has 0 aromatic rings. The Morgan fingerprint density at radius 2 is 1.70 bits per heavy atom. The highest BCUT2D eigenvalue weighted by Crippen LogP contribution is 2.38. The molecule has 10 heteroatoms. The summed E-state index contributed by atoms with van der Waals surface area (Å²) >= 11 is 0. The number of carbonyl (C=O) groups is 1. The van der Waals surface area contributed by atoms with Crippen molar-refractivity contribution in [3.63, 3.8) is 0 Å². The topological polar surface area (TPSA) is 105 Å². The Morgan fingerprint density at radius 1 is 1.19 bits per heavy atom. The molecule has 0 aromatic heterocycles. The summed E-state index contributed by atoms with van der Waals surface area (Å²) in [5.41, 5.74) is -0.713. The van der Waals surface area contributed by atoms with Crippen molar-refractivity contribution in [1.82, 2.24) is 0 Å². The van der Waals surface area contributed by atoms with Crippen LogP contribution in [0.15, 0.2) is 12.2 Å². The van der Waals surface area contributed by atoms with Crippen LogP contribution in [0.25, 0.3) is 0 Å². The molecule has 0 aliphatic rings. The van der Waals surface area contributed by atoms with Crippen LogP contribution in [0.3, 0.4) is 0 Å². The van der Waals surface area contributed by atoms with Gasteiger partial charge < -0.3 is 28.3 Å². The second-order valence-electron chi connectivity index (χ2n) is 8.33. The van der Waals surface area contributed by atoms with Crippen LogP contribution in [0.1, 0.15) is 27.2 Å². The maximum Gasteiger partial charge on any atom is 0.373 e. The highest BCUT2D eigenvalue weighted by molar-refractivity contribution is 6.81. The van der Waals surface area contributed by atoms with E-state index in [0.29, 0.717) is 6.42 Å². The molecule has 3 N–H and O–H groups in total. The summed E-state index contributed by atoms with van der Waals surface area (Å²) in [6.07, 6.45) is -1.35. The third-order valence-corrected chi connectivity index (χ3v) is 13.4. The minimum absolute atomic E-state index is 0.0810. The zero-order valence-corrected chi connectivity index (χ0v) is 21.0. The molecule has 3 unspecified atom stereocenters. The van der Waals surface area contributed by atoms with E-state index in [1.807, 2.05) is 26.6 Å². The highest BCUT2D eigenvalue weighted by atomic mass is 28.4. The molecule has 0 spiro atoms. The van der Waals surface area contributed by atoms with E-state index in [1.54, 1.807) is 6.92 Å². The van der Waals surface area contributed by atoms with Gasteiger partial charge in [-0.2, -0.15) is 0 Å². The minimum Gasteiger partial charge on any atom is -0.435 e. The van der Waals surface area contributed by atoms with E-state index in [-0.39, 0.29) is 5.57 Å². The summed E-state index contributed by atoms with van der Waals surface area (Å²) in [4.78, 5) is 12.1. The van der Waals surface area contributed by atoms with Gasteiger partial charge in [-0.3, -0.25) is 0 Å². The standard InChI is InChI=1S/C17H37O7Si3/c1-10-15(17(21,14(19)12-18)22-16(20)13(3)4)25(23-26(5,6)7)24-27(8,9)11-2/h14-15,18-19,21H,3,10-12H2,1-2,4-9H3. The second kappa shape index (κ2) is 10.4. The first-order valence-corrected chi connectivity index (χ1v) is 17.2. The zero-order chi connectivity index (χ0) is 21.6. The molecule has 0 saturated heterocycles. The average molecular weight is 438 g/mol. The van der Waals surface area contributed by atoms with Gasteiger partial charge in [0.1, 0.15) is 6.10 Å². The molecule has 0 rings (SSSR count). The third kappa shape index (κ3) is 8.28. The van der Waals surface area contributed by atoms with Gasteiger partial charge in [0.05, 0.1) is 12.1 Å². The molecule has 3 atom stereocenters. The van der Waals surface area contributed by atoms with Crippen molar-refractivity contribution in [2.45, 2.75) is 83.4 Å². The van der Waals surface area contributed by atoms with E-state index >= 15 is 0 Å². The van der Waals surface area contributed by atoms with E-state index in [1.165, 1.54) is 6.92 Å². The molecule has 7 nitrogen and oxygen atoms in total. The normalized spacial score (nSPS) is 17.3. The maximum absolute atomic E-state index is 12.1. The first-order valence-electron chi connectivity index (χ1n) is 9.28. The zero-order valence-electron chi connectivity index (χ0n) is 18.0. The minimum atomic E-state index is -2.33. The number of ether oxygens (including phenoxy) is 1. The van der Waals surface area contributed by atoms with Crippen molar-refractivity contribution < 1.29 is 33.1 Å². The monoisotopic (exact) mass is 437 g/mol. The van der Waals surface area contributed by atoms with Crippen molar-refractivity contribution in [2.24, 2.45) is 0 Å². The molecule has 0 saturated carbocycles. The van der Waals surface area contributed by atoms with Gasteiger partial charge in [-0.1, -0.05) is 20.4 Å². The third-order valence-electron chi connectivity index (χ3n) is 4.08. The fourth-order valence-electron chi connectivity index (χ4n) is 2.18. The van der Waals surface area contributed by atoms with Gasteiger partial charge >= 0.3 is 15.3 Å². The lowest BCUT2D eigenvalue weighted by atomic mass is 10.0. The van der Waals surface area contributed by atoms with Crippen molar-refractivity contribution >= 4 is 31.9 Å². The summed E-state index contributed by atoms with van der Waals surface area (Å²) < 4.78 is 17.9. The smallest absolute Gasteiger partial charge is 0.373 e. The molecule has 0 bridgehead atoms. The second-order valence-corrected chi connectivity index (χ2v) is 19.7. The van der Waals surface area contributed by atoms with Crippen LogP contribution in [0.5, 0.6) is 0 Å². The van der Waals surface area contributed by atoms with Crippen LogP contribution in [0, 0.1) is 0 Å². The summed E-state index contributed by atoms with van der Waals surface area (Å²) in [6, 6.07) is 0.846.